The zero-order valence-electron chi connectivity index (χ0n) is 13.9. The van der Waals surface area contributed by atoms with Gasteiger partial charge >= 0.3 is 0 Å². The van der Waals surface area contributed by atoms with Crippen LogP contribution in [0.3, 0.4) is 0 Å². The molecule has 2 heteroatoms. The normalized spacial score (nSPS) is 11.8. The van der Waals surface area contributed by atoms with Gasteiger partial charge in [0.05, 0.1) is 0 Å². The summed E-state index contributed by atoms with van der Waals surface area (Å²) in [6.45, 7) is 0. The van der Waals surface area contributed by atoms with Gasteiger partial charge in [0, 0.05) is 41.4 Å². The highest BCUT2D eigenvalue weighted by Crippen LogP contribution is 2.46. The Balaban J connectivity index is 1.88. The van der Waals surface area contributed by atoms with Crippen LogP contribution >= 0.6 is 22.7 Å². The van der Waals surface area contributed by atoms with Gasteiger partial charge in [-0.2, -0.15) is 0 Å². The Morgan fingerprint density at radius 2 is 1.27 bits per heavy atom. The summed E-state index contributed by atoms with van der Waals surface area (Å²) < 4.78 is 4.11. The second-order valence-electron chi connectivity index (χ2n) is 6.59. The van der Waals surface area contributed by atoms with Gasteiger partial charge in [-0.15, -0.1) is 22.7 Å². The summed E-state index contributed by atoms with van der Waals surface area (Å²) in [5, 5.41) is 9.07. The van der Waals surface area contributed by atoms with E-state index >= 15 is 0 Å². The van der Waals surface area contributed by atoms with Crippen LogP contribution in [-0.4, -0.2) is 0 Å². The van der Waals surface area contributed by atoms with Crippen LogP contribution in [0.4, 0.5) is 0 Å². The van der Waals surface area contributed by atoms with Gasteiger partial charge in [0.2, 0.25) is 0 Å². The van der Waals surface area contributed by atoms with Crippen molar-refractivity contribution in [3.63, 3.8) is 0 Å². The van der Waals surface area contributed by atoms with E-state index in [2.05, 4.69) is 84.2 Å². The van der Waals surface area contributed by atoms with Crippen molar-refractivity contribution in [1.29, 1.82) is 0 Å². The molecule has 0 aliphatic rings. The topological polar surface area (TPSA) is 0 Å². The first-order chi connectivity index (χ1) is 12.9. The molecule has 4 aromatic carbocycles. The molecule has 0 aliphatic carbocycles. The van der Waals surface area contributed by atoms with Crippen LogP contribution in [0.5, 0.6) is 0 Å². The zero-order chi connectivity index (χ0) is 17.1. The number of thiophene rings is 2. The number of hydrogen-bond donors (Lipinski definition) is 0. The first-order valence-corrected chi connectivity index (χ1v) is 10.4. The predicted octanol–water partition coefficient (Wildman–Crippen LogP) is 8.09. The van der Waals surface area contributed by atoms with Gasteiger partial charge in [-0.3, -0.25) is 0 Å². The fourth-order valence-corrected chi connectivity index (χ4v) is 6.17. The molecule has 0 spiro atoms. The van der Waals surface area contributed by atoms with Gasteiger partial charge < -0.3 is 0 Å². The summed E-state index contributed by atoms with van der Waals surface area (Å²) >= 11 is 3.75. The van der Waals surface area contributed by atoms with Crippen molar-refractivity contribution in [3.8, 4) is 11.1 Å². The smallest absolute Gasteiger partial charge is 0.0440 e. The maximum atomic E-state index is 2.36. The van der Waals surface area contributed by atoms with E-state index in [4.69, 9.17) is 0 Å². The van der Waals surface area contributed by atoms with Crippen molar-refractivity contribution in [1.82, 2.24) is 0 Å². The average molecular weight is 367 g/mol. The van der Waals surface area contributed by atoms with E-state index in [1.54, 1.807) is 0 Å². The highest BCUT2D eigenvalue weighted by Gasteiger charge is 2.16. The summed E-state index contributed by atoms with van der Waals surface area (Å²) in [6.07, 6.45) is 0. The Hall–Kier alpha value is -2.68. The van der Waals surface area contributed by atoms with E-state index in [1.807, 2.05) is 22.7 Å². The van der Waals surface area contributed by atoms with Gasteiger partial charge in [-0.05, 0) is 34.4 Å². The molecular formula is C24H14S2. The molecule has 0 aliphatic heterocycles. The van der Waals surface area contributed by atoms with E-state index in [1.165, 1.54) is 52.2 Å². The predicted molar refractivity (Wildman–Crippen MR) is 118 cm³/mol. The molecule has 2 aromatic heterocycles. The van der Waals surface area contributed by atoms with Crippen molar-refractivity contribution in [3.05, 3.63) is 84.2 Å². The maximum Gasteiger partial charge on any atom is 0.0440 e. The third-order valence-corrected chi connectivity index (χ3v) is 7.31. The molecule has 0 bridgehead atoms. The largest absolute Gasteiger partial charge is 0.143 e. The lowest BCUT2D eigenvalue weighted by atomic mass is 9.95. The summed E-state index contributed by atoms with van der Waals surface area (Å²) in [7, 11) is 0. The van der Waals surface area contributed by atoms with E-state index in [0.717, 1.165) is 0 Å². The van der Waals surface area contributed by atoms with Crippen LogP contribution in [0.2, 0.25) is 0 Å². The Kier molecular flexibility index (Phi) is 3.01. The Morgan fingerprint density at radius 1 is 0.577 bits per heavy atom. The first-order valence-electron chi connectivity index (χ1n) is 8.70. The molecule has 0 amide bonds. The fraction of sp³-hybridized carbons (Fsp3) is 0. The van der Waals surface area contributed by atoms with Crippen molar-refractivity contribution < 1.29 is 0 Å². The van der Waals surface area contributed by atoms with Gasteiger partial charge in [-0.25, -0.2) is 0 Å². The van der Waals surface area contributed by atoms with E-state index < -0.39 is 0 Å². The van der Waals surface area contributed by atoms with Crippen LogP contribution in [0, 0.1) is 0 Å². The molecule has 0 atom stereocenters. The van der Waals surface area contributed by atoms with E-state index in [9.17, 15) is 0 Å². The molecular weight excluding hydrogens is 352 g/mol. The van der Waals surface area contributed by atoms with Gasteiger partial charge in [0.1, 0.15) is 0 Å². The lowest BCUT2D eigenvalue weighted by Gasteiger charge is -2.09. The van der Waals surface area contributed by atoms with Gasteiger partial charge in [0.25, 0.3) is 0 Å². The molecule has 0 N–H and O–H groups in total. The summed E-state index contributed by atoms with van der Waals surface area (Å²) in [6, 6.07) is 28.7. The summed E-state index contributed by atoms with van der Waals surface area (Å²) in [5.74, 6) is 0. The molecule has 0 saturated heterocycles. The molecule has 0 unspecified atom stereocenters. The number of benzene rings is 4. The third-order valence-electron chi connectivity index (χ3n) is 5.14. The Labute approximate surface area is 158 Å². The van der Waals surface area contributed by atoms with Crippen LogP contribution < -0.4 is 0 Å². The summed E-state index contributed by atoms with van der Waals surface area (Å²) in [5.41, 5.74) is 2.75. The van der Waals surface area contributed by atoms with Crippen LogP contribution in [0.1, 0.15) is 0 Å². The van der Waals surface area contributed by atoms with Gasteiger partial charge in [0.15, 0.2) is 0 Å². The van der Waals surface area contributed by atoms with Crippen LogP contribution in [-0.2, 0) is 0 Å². The molecule has 0 radical (unpaired) electrons. The second kappa shape index (κ2) is 5.41. The van der Waals surface area contributed by atoms with Crippen LogP contribution in [0.25, 0.3) is 52.2 Å². The van der Waals surface area contributed by atoms with E-state index in [-0.39, 0.29) is 0 Å². The lowest BCUT2D eigenvalue weighted by Crippen LogP contribution is -1.81. The Bertz CT molecular complexity index is 1430. The van der Waals surface area contributed by atoms with Gasteiger partial charge in [-0.1, -0.05) is 60.7 Å². The highest BCUT2D eigenvalue weighted by molar-refractivity contribution is 7.26. The van der Waals surface area contributed by atoms with Crippen molar-refractivity contribution >= 4 is 63.7 Å². The lowest BCUT2D eigenvalue weighted by molar-refractivity contribution is 1.79. The van der Waals surface area contributed by atoms with Crippen molar-refractivity contribution in [2.75, 3.05) is 0 Å². The molecule has 6 rings (SSSR count). The maximum absolute atomic E-state index is 2.36. The monoisotopic (exact) mass is 366 g/mol. The highest BCUT2D eigenvalue weighted by atomic mass is 32.1. The molecule has 0 saturated carbocycles. The first kappa shape index (κ1) is 14.5. The molecule has 26 heavy (non-hydrogen) atoms. The second-order valence-corrected chi connectivity index (χ2v) is 8.56. The van der Waals surface area contributed by atoms with Crippen LogP contribution in [0.15, 0.2) is 84.2 Å². The number of rotatable bonds is 1. The third kappa shape index (κ3) is 1.94. The minimum absolute atomic E-state index is 1.31. The Morgan fingerprint density at radius 3 is 2.15 bits per heavy atom. The fourth-order valence-electron chi connectivity index (χ4n) is 3.96. The molecule has 122 valence electrons. The number of hydrogen-bond acceptors (Lipinski definition) is 2. The summed E-state index contributed by atoms with van der Waals surface area (Å²) in [4.78, 5) is 0. The standard InChI is InChI=1S/C24H14S2/c1-2-8-16-15(7-1)13-19-17-9-4-6-12-22(17)26-24(19)23(16)20-14-25-21-11-5-3-10-18(20)21/h1-14H. The zero-order valence-corrected chi connectivity index (χ0v) is 15.5. The molecule has 6 aromatic rings. The quantitative estimate of drug-likeness (QED) is 0.276. The molecule has 0 nitrogen and oxygen atoms in total. The molecule has 0 fully saturated rings. The van der Waals surface area contributed by atoms with Crippen molar-refractivity contribution in [2.45, 2.75) is 0 Å². The van der Waals surface area contributed by atoms with E-state index in [0.29, 0.717) is 0 Å². The minimum atomic E-state index is 1.31. The molecule has 2 heterocycles. The van der Waals surface area contributed by atoms with Crippen molar-refractivity contribution in [2.24, 2.45) is 0 Å². The SMILES string of the molecule is c1ccc2c(-c3csc4ccccc34)c3sc4ccccc4c3cc2c1. The average Bonchev–Trinajstić information content (AvgIpc) is 3.28. The minimum Gasteiger partial charge on any atom is -0.143 e. The number of fused-ring (bicyclic) bond motifs is 5.